The molecule has 0 saturated carbocycles. The molecule has 1 aromatic rings. The second kappa shape index (κ2) is 4.59. The van der Waals surface area contributed by atoms with E-state index in [4.69, 9.17) is 11.6 Å². The molecule has 14 heavy (non-hydrogen) atoms. The van der Waals surface area contributed by atoms with Gasteiger partial charge in [-0.3, -0.25) is 0 Å². The minimum Gasteiger partial charge on any atom is -0.244 e. The summed E-state index contributed by atoms with van der Waals surface area (Å²) in [4.78, 5) is 3.84. The molecule has 0 aromatic carbocycles. The molecule has 0 aliphatic carbocycles. The molecule has 0 aliphatic heterocycles. The lowest BCUT2D eigenvalue weighted by molar-refractivity contribution is 0.593. The van der Waals surface area contributed by atoms with E-state index < -0.39 is 9.84 Å². The molecule has 0 N–H and O–H groups in total. The van der Waals surface area contributed by atoms with Crippen molar-refractivity contribution in [3.63, 3.8) is 0 Å². The second-order valence-electron chi connectivity index (χ2n) is 2.78. The van der Waals surface area contributed by atoms with E-state index in [1.54, 1.807) is 0 Å². The summed E-state index contributed by atoms with van der Waals surface area (Å²) in [6, 6.07) is 1.53. The van der Waals surface area contributed by atoms with Gasteiger partial charge in [0.05, 0.1) is 5.75 Å². The molecule has 0 spiro atoms. The van der Waals surface area contributed by atoms with Gasteiger partial charge < -0.3 is 0 Å². The number of pyridine rings is 1. The zero-order valence-corrected chi connectivity index (χ0v) is 10.7. The van der Waals surface area contributed by atoms with Crippen LogP contribution in [0.2, 0.25) is 0 Å². The molecule has 0 saturated heterocycles. The van der Waals surface area contributed by atoms with Gasteiger partial charge in [-0.05, 0) is 34.5 Å². The lowest BCUT2D eigenvalue weighted by atomic mass is 10.3. The van der Waals surface area contributed by atoms with Crippen LogP contribution < -0.4 is 0 Å². The predicted octanol–water partition coefficient (Wildman–Crippen LogP) is 2.17. The molecule has 78 valence electrons. The largest absolute Gasteiger partial charge is 0.244 e. The Bertz CT molecular complexity index is 433. The number of rotatable bonds is 3. The Labute approximate surface area is 96.5 Å². The maximum Gasteiger partial charge on any atom is 0.196 e. The fourth-order valence-electron chi connectivity index (χ4n) is 0.890. The van der Waals surface area contributed by atoms with Crippen LogP contribution in [0.15, 0.2) is 21.8 Å². The Hall–Kier alpha value is -0.130. The molecule has 0 amide bonds. The molecule has 0 atom stereocenters. The Morgan fingerprint density at radius 2 is 2.21 bits per heavy atom. The first-order valence-corrected chi connectivity index (χ1v) is 6.86. The fourth-order valence-corrected chi connectivity index (χ4v) is 2.70. The summed E-state index contributed by atoms with van der Waals surface area (Å²) < 4.78 is 23.9. The number of hydrogen-bond acceptors (Lipinski definition) is 3. The highest BCUT2D eigenvalue weighted by Gasteiger charge is 2.15. The Morgan fingerprint density at radius 3 is 2.71 bits per heavy atom. The molecule has 3 nitrogen and oxygen atoms in total. The van der Waals surface area contributed by atoms with Crippen molar-refractivity contribution in [2.45, 2.75) is 11.9 Å². The smallest absolute Gasteiger partial charge is 0.196 e. The predicted molar refractivity (Wildman–Crippen MR) is 59.4 cm³/mol. The van der Waals surface area contributed by atoms with E-state index in [2.05, 4.69) is 20.9 Å². The van der Waals surface area contributed by atoms with Gasteiger partial charge in [-0.15, -0.1) is 11.6 Å². The summed E-state index contributed by atoms with van der Waals surface area (Å²) in [6.07, 6.45) is 1.48. The molecular weight excluding hydrogens is 290 g/mol. The van der Waals surface area contributed by atoms with Gasteiger partial charge in [0.15, 0.2) is 14.9 Å². The van der Waals surface area contributed by atoms with Crippen molar-refractivity contribution in [2.24, 2.45) is 0 Å². The Balaban J connectivity index is 3.15. The minimum absolute atomic E-state index is 0.0807. The third kappa shape index (κ3) is 2.68. The molecule has 1 heterocycles. The summed E-state index contributed by atoms with van der Waals surface area (Å²) in [7, 11) is -3.31. The van der Waals surface area contributed by atoms with Crippen LogP contribution in [0.4, 0.5) is 0 Å². The lowest BCUT2D eigenvalue weighted by Crippen LogP contribution is -2.10. The van der Waals surface area contributed by atoms with Crippen molar-refractivity contribution in [3.8, 4) is 0 Å². The molecule has 1 rings (SSSR count). The zero-order valence-electron chi connectivity index (χ0n) is 7.50. The monoisotopic (exact) mass is 297 g/mol. The first kappa shape index (κ1) is 11.9. The van der Waals surface area contributed by atoms with Gasteiger partial charge in [0.2, 0.25) is 0 Å². The third-order valence-electron chi connectivity index (χ3n) is 1.69. The van der Waals surface area contributed by atoms with Crippen LogP contribution in [0.3, 0.4) is 0 Å². The molecule has 0 unspecified atom stereocenters. The number of nitrogens with zero attached hydrogens (tertiary/aromatic N) is 1. The topological polar surface area (TPSA) is 47.0 Å². The van der Waals surface area contributed by atoms with E-state index in [1.165, 1.54) is 12.3 Å². The summed E-state index contributed by atoms with van der Waals surface area (Å²) in [5, 5.41) is 0.0823. The normalized spacial score (nSPS) is 11.6. The van der Waals surface area contributed by atoms with Gasteiger partial charge in [0, 0.05) is 16.5 Å². The second-order valence-corrected chi connectivity index (χ2v) is 6.07. The highest BCUT2D eigenvalue weighted by Crippen LogP contribution is 2.18. The number of alkyl halides is 1. The van der Waals surface area contributed by atoms with Crippen LogP contribution in [-0.2, 0) is 9.84 Å². The third-order valence-corrected chi connectivity index (χ3v) is 4.53. The van der Waals surface area contributed by atoms with E-state index in [9.17, 15) is 8.42 Å². The average Bonchev–Trinajstić information content (AvgIpc) is 2.09. The highest BCUT2D eigenvalue weighted by molar-refractivity contribution is 9.10. The molecule has 0 fully saturated rings. The van der Waals surface area contributed by atoms with Crippen LogP contribution in [0.1, 0.15) is 5.56 Å². The number of halogens is 2. The van der Waals surface area contributed by atoms with Crippen molar-refractivity contribution in [1.29, 1.82) is 0 Å². The van der Waals surface area contributed by atoms with Gasteiger partial charge in [-0.25, -0.2) is 13.4 Å². The van der Waals surface area contributed by atoms with Crippen molar-refractivity contribution < 1.29 is 8.42 Å². The zero-order chi connectivity index (χ0) is 10.8. The first-order valence-electron chi connectivity index (χ1n) is 3.88. The van der Waals surface area contributed by atoms with Crippen LogP contribution in [0, 0.1) is 6.92 Å². The number of aryl methyl sites for hydroxylation is 1. The van der Waals surface area contributed by atoms with E-state index in [0.29, 0.717) is 0 Å². The van der Waals surface area contributed by atoms with E-state index in [1.807, 2.05) is 6.92 Å². The Kier molecular flexibility index (Phi) is 3.92. The van der Waals surface area contributed by atoms with Crippen molar-refractivity contribution in [1.82, 2.24) is 4.98 Å². The van der Waals surface area contributed by atoms with Crippen LogP contribution in [-0.4, -0.2) is 25.0 Å². The van der Waals surface area contributed by atoms with Crippen LogP contribution in [0.25, 0.3) is 0 Å². The molecule has 1 aromatic heterocycles. The van der Waals surface area contributed by atoms with Gasteiger partial charge >= 0.3 is 0 Å². The Morgan fingerprint density at radius 1 is 1.57 bits per heavy atom. The quantitative estimate of drug-likeness (QED) is 0.804. The maximum absolute atomic E-state index is 11.5. The summed E-state index contributed by atoms with van der Waals surface area (Å²) >= 11 is 8.64. The fraction of sp³-hybridized carbons (Fsp3) is 0.375. The lowest BCUT2D eigenvalue weighted by Gasteiger charge is -2.03. The van der Waals surface area contributed by atoms with Crippen LogP contribution in [0.5, 0.6) is 0 Å². The summed E-state index contributed by atoms with van der Waals surface area (Å²) in [5.41, 5.74) is 0.841. The van der Waals surface area contributed by atoms with E-state index >= 15 is 0 Å². The van der Waals surface area contributed by atoms with E-state index in [0.717, 1.165) is 10.0 Å². The average molecular weight is 299 g/mol. The van der Waals surface area contributed by atoms with Gasteiger partial charge in [-0.2, -0.15) is 0 Å². The minimum atomic E-state index is -3.31. The molecule has 0 aliphatic rings. The van der Waals surface area contributed by atoms with Gasteiger partial charge in [0.1, 0.15) is 0 Å². The van der Waals surface area contributed by atoms with E-state index in [-0.39, 0.29) is 16.7 Å². The van der Waals surface area contributed by atoms with Crippen molar-refractivity contribution in [2.75, 3.05) is 11.6 Å². The standard InChI is InChI=1S/C8H9BrClNO2S/c1-6-4-8(11-5-7(6)9)14(12,13)3-2-10/h4-5H,2-3H2,1H3. The molecule has 0 bridgehead atoms. The first-order chi connectivity index (χ1) is 6.47. The maximum atomic E-state index is 11.5. The number of sulfone groups is 1. The van der Waals surface area contributed by atoms with Crippen molar-refractivity contribution in [3.05, 3.63) is 22.3 Å². The molecule has 6 heteroatoms. The van der Waals surface area contributed by atoms with Gasteiger partial charge in [0.25, 0.3) is 0 Å². The SMILES string of the molecule is Cc1cc(S(=O)(=O)CCCl)ncc1Br. The van der Waals surface area contributed by atoms with Crippen LogP contribution >= 0.6 is 27.5 Å². The summed E-state index contributed by atoms with van der Waals surface area (Å²) in [6.45, 7) is 1.81. The number of hydrogen-bond donors (Lipinski definition) is 0. The summed E-state index contributed by atoms with van der Waals surface area (Å²) in [5.74, 6) is 0.00174. The number of aromatic nitrogens is 1. The van der Waals surface area contributed by atoms with Gasteiger partial charge in [-0.1, -0.05) is 0 Å². The van der Waals surface area contributed by atoms with Crippen molar-refractivity contribution >= 4 is 37.4 Å². The highest BCUT2D eigenvalue weighted by atomic mass is 79.9. The molecule has 0 radical (unpaired) electrons. The molecular formula is C8H9BrClNO2S.